The highest BCUT2D eigenvalue weighted by molar-refractivity contribution is 6.40. The van der Waals surface area contributed by atoms with Crippen molar-refractivity contribution in [3.05, 3.63) is 58.1 Å². The van der Waals surface area contributed by atoms with Gasteiger partial charge in [-0.05, 0) is 48.7 Å². The fraction of sp³-hybridized carbons (Fsp3) is 0.364. The van der Waals surface area contributed by atoms with Crippen molar-refractivity contribution >= 4 is 40.5 Å². The van der Waals surface area contributed by atoms with E-state index in [0.717, 1.165) is 31.5 Å². The molecule has 0 aromatic heterocycles. The first kappa shape index (κ1) is 20.0. The SMILES string of the molecule is O=C(C1=NN(c2ccc(Cl)cc2Cl)C(c2ccc(O)cc2)C1)N1CCCCCC1. The van der Waals surface area contributed by atoms with Crippen LogP contribution >= 0.6 is 23.2 Å². The molecule has 0 saturated carbocycles. The molecule has 0 aliphatic carbocycles. The third-order valence-corrected chi connectivity index (χ3v) is 6.02. The molecule has 4 rings (SSSR count). The van der Waals surface area contributed by atoms with Crippen LogP contribution in [0.25, 0.3) is 0 Å². The van der Waals surface area contributed by atoms with E-state index in [4.69, 9.17) is 28.3 Å². The average molecular weight is 432 g/mol. The molecule has 29 heavy (non-hydrogen) atoms. The van der Waals surface area contributed by atoms with E-state index in [1.54, 1.807) is 29.3 Å². The van der Waals surface area contributed by atoms with Crippen LogP contribution < -0.4 is 5.01 Å². The number of carbonyl (C=O) groups is 1. The molecular formula is C22H23Cl2N3O2. The molecule has 0 bridgehead atoms. The van der Waals surface area contributed by atoms with Crippen molar-refractivity contribution in [2.45, 2.75) is 38.1 Å². The summed E-state index contributed by atoms with van der Waals surface area (Å²) in [6.45, 7) is 1.56. The quantitative estimate of drug-likeness (QED) is 0.706. The van der Waals surface area contributed by atoms with E-state index in [0.29, 0.717) is 27.9 Å². The number of carbonyl (C=O) groups excluding carboxylic acids is 1. The number of halogens is 2. The summed E-state index contributed by atoms with van der Waals surface area (Å²) in [6.07, 6.45) is 4.89. The largest absolute Gasteiger partial charge is 0.508 e. The average Bonchev–Trinajstić information content (AvgIpc) is 2.95. The van der Waals surface area contributed by atoms with Gasteiger partial charge in [0, 0.05) is 24.5 Å². The van der Waals surface area contributed by atoms with Crippen LogP contribution in [0.5, 0.6) is 5.75 Å². The number of hydrogen-bond donors (Lipinski definition) is 1. The Bertz CT molecular complexity index is 922. The van der Waals surface area contributed by atoms with Crippen molar-refractivity contribution < 1.29 is 9.90 Å². The van der Waals surface area contributed by atoms with Gasteiger partial charge >= 0.3 is 0 Å². The Labute approximate surface area is 180 Å². The van der Waals surface area contributed by atoms with E-state index in [2.05, 4.69) is 0 Å². The lowest BCUT2D eigenvalue weighted by atomic mass is 10.0. The Morgan fingerprint density at radius 1 is 1.00 bits per heavy atom. The molecule has 1 saturated heterocycles. The van der Waals surface area contributed by atoms with E-state index >= 15 is 0 Å². The molecule has 0 radical (unpaired) electrons. The summed E-state index contributed by atoms with van der Waals surface area (Å²) in [7, 11) is 0. The molecule has 1 atom stereocenters. The Kier molecular flexibility index (Phi) is 5.97. The third kappa shape index (κ3) is 4.36. The van der Waals surface area contributed by atoms with Crippen LogP contribution in [-0.2, 0) is 4.79 Å². The molecule has 1 unspecified atom stereocenters. The summed E-state index contributed by atoms with van der Waals surface area (Å²) in [5.41, 5.74) is 2.19. The van der Waals surface area contributed by atoms with Crippen molar-refractivity contribution in [1.29, 1.82) is 0 Å². The molecule has 152 valence electrons. The zero-order valence-electron chi connectivity index (χ0n) is 16.0. The van der Waals surface area contributed by atoms with Gasteiger partial charge in [0.2, 0.25) is 0 Å². The van der Waals surface area contributed by atoms with Crippen molar-refractivity contribution in [3.8, 4) is 5.75 Å². The van der Waals surface area contributed by atoms with E-state index in [1.807, 2.05) is 23.1 Å². The smallest absolute Gasteiger partial charge is 0.270 e. The maximum absolute atomic E-state index is 13.2. The standard InChI is InChI=1S/C22H23Cl2N3O2/c23-16-7-10-20(18(24)13-16)27-21(15-5-8-17(28)9-6-15)14-19(25-27)22(29)26-11-3-1-2-4-12-26/h5-10,13,21,28H,1-4,11-12,14H2. The molecule has 2 aliphatic heterocycles. The van der Waals surface area contributed by atoms with Crippen LogP contribution in [-0.4, -0.2) is 34.7 Å². The lowest BCUT2D eigenvalue weighted by molar-refractivity contribution is -0.124. The fourth-order valence-corrected chi connectivity index (χ4v) is 4.44. The molecule has 2 aliphatic rings. The molecule has 2 heterocycles. The van der Waals surface area contributed by atoms with Crippen LogP contribution in [0.3, 0.4) is 0 Å². The molecule has 1 fully saturated rings. The summed E-state index contributed by atoms with van der Waals surface area (Å²) in [6, 6.07) is 12.1. The minimum atomic E-state index is -0.180. The van der Waals surface area contributed by atoms with Crippen LogP contribution in [0.4, 0.5) is 5.69 Å². The molecule has 5 nitrogen and oxygen atoms in total. The van der Waals surface area contributed by atoms with Crippen molar-refractivity contribution in [2.24, 2.45) is 5.10 Å². The topological polar surface area (TPSA) is 56.1 Å². The highest BCUT2D eigenvalue weighted by Gasteiger charge is 2.35. The van der Waals surface area contributed by atoms with Gasteiger partial charge in [-0.1, -0.05) is 48.2 Å². The normalized spacial score (nSPS) is 19.8. The number of amides is 1. The maximum atomic E-state index is 13.2. The van der Waals surface area contributed by atoms with E-state index in [9.17, 15) is 9.90 Å². The molecule has 0 spiro atoms. The van der Waals surface area contributed by atoms with Crippen LogP contribution in [0.15, 0.2) is 47.6 Å². The number of phenols is 1. The zero-order valence-corrected chi connectivity index (χ0v) is 17.5. The summed E-state index contributed by atoms with van der Waals surface area (Å²) in [5, 5.41) is 17.2. The lowest BCUT2D eigenvalue weighted by Gasteiger charge is -2.25. The highest BCUT2D eigenvalue weighted by Crippen LogP contribution is 2.40. The highest BCUT2D eigenvalue weighted by atomic mass is 35.5. The minimum absolute atomic E-state index is 0.00302. The first-order valence-corrected chi connectivity index (χ1v) is 10.7. The second kappa shape index (κ2) is 8.64. The van der Waals surface area contributed by atoms with Crippen molar-refractivity contribution in [2.75, 3.05) is 18.1 Å². The van der Waals surface area contributed by atoms with Gasteiger partial charge in [-0.2, -0.15) is 5.10 Å². The van der Waals surface area contributed by atoms with Gasteiger partial charge in [0.1, 0.15) is 11.5 Å². The zero-order chi connectivity index (χ0) is 20.4. The molecule has 7 heteroatoms. The van der Waals surface area contributed by atoms with Gasteiger partial charge in [0.15, 0.2) is 0 Å². The number of hydrazone groups is 1. The fourth-order valence-electron chi connectivity index (χ4n) is 3.94. The number of benzene rings is 2. The Morgan fingerprint density at radius 2 is 1.69 bits per heavy atom. The van der Waals surface area contributed by atoms with Gasteiger partial charge in [-0.25, -0.2) is 0 Å². The summed E-state index contributed by atoms with van der Waals surface area (Å²) >= 11 is 12.5. The number of rotatable bonds is 3. The number of hydrogen-bond acceptors (Lipinski definition) is 4. The third-order valence-electron chi connectivity index (χ3n) is 5.48. The van der Waals surface area contributed by atoms with Crippen molar-refractivity contribution in [3.63, 3.8) is 0 Å². The van der Waals surface area contributed by atoms with E-state index in [-0.39, 0.29) is 17.7 Å². The molecule has 2 aromatic carbocycles. The van der Waals surface area contributed by atoms with Gasteiger partial charge in [-0.3, -0.25) is 9.80 Å². The second-order valence-electron chi connectivity index (χ2n) is 7.50. The van der Waals surface area contributed by atoms with Crippen LogP contribution in [0.2, 0.25) is 10.0 Å². The summed E-state index contributed by atoms with van der Waals surface area (Å²) < 4.78 is 0. The molecule has 1 N–H and O–H groups in total. The van der Waals surface area contributed by atoms with E-state index < -0.39 is 0 Å². The summed E-state index contributed by atoms with van der Waals surface area (Å²) in [4.78, 5) is 15.1. The Hall–Kier alpha value is -2.24. The predicted octanol–water partition coefficient (Wildman–Crippen LogP) is 5.41. The molecular weight excluding hydrogens is 409 g/mol. The van der Waals surface area contributed by atoms with Gasteiger partial charge in [-0.15, -0.1) is 0 Å². The number of phenolic OH excluding ortho intramolecular Hbond substituents is 1. The first-order chi connectivity index (χ1) is 14.0. The predicted molar refractivity (Wildman–Crippen MR) is 117 cm³/mol. The monoisotopic (exact) mass is 431 g/mol. The van der Waals surface area contributed by atoms with Crippen molar-refractivity contribution in [1.82, 2.24) is 4.90 Å². The van der Waals surface area contributed by atoms with E-state index in [1.165, 1.54) is 12.8 Å². The first-order valence-electron chi connectivity index (χ1n) is 9.93. The van der Waals surface area contributed by atoms with Gasteiger partial charge in [0.25, 0.3) is 5.91 Å². The number of nitrogens with zero attached hydrogens (tertiary/aromatic N) is 3. The maximum Gasteiger partial charge on any atom is 0.270 e. The Balaban J connectivity index is 1.68. The van der Waals surface area contributed by atoms with Gasteiger partial charge in [0.05, 0.1) is 16.8 Å². The van der Waals surface area contributed by atoms with Crippen LogP contribution in [0.1, 0.15) is 43.7 Å². The van der Waals surface area contributed by atoms with Gasteiger partial charge < -0.3 is 10.0 Å². The lowest BCUT2D eigenvalue weighted by Crippen LogP contribution is -2.36. The Morgan fingerprint density at radius 3 is 2.34 bits per heavy atom. The molecule has 1 amide bonds. The number of anilines is 1. The molecule has 2 aromatic rings. The summed E-state index contributed by atoms with van der Waals surface area (Å²) in [5.74, 6) is 0.202. The van der Waals surface area contributed by atoms with Crippen LogP contribution in [0, 0.1) is 0 Å². The number of aromatic hydroxyl groups is 1. The second-order valence-corrected chi connectivity index (χ2v) is 8.35. The minimum Gasteiger partial charge on any atom is -0.508 e. The number of likely N-dealkylation sites (tertiary alicyclic amines) is 1.